The zero-order valence-corrected chi connectivity index (χ0v) is 12.5. The molecule has 2 aromatic carbocycles. The third-order valence-corrected chi connectivity index (χ3v) is 3.43. The van der Waals surface area contributed by atoms with Crippen LogP contribution in [-0.4, -0.2) is 9.78 Å². The van der Waals surface area contributed by atoms with Crippen LogP contribution in [0.25, 0.3) is 11.1 Å². The summed E-state index contributed by atoms with van der Waals surface area (Å²) in [4.78, 5) is 0. The minimum Gasteiger partial charge on any atom is -0.436 e. The van der Waals surface area contributed by atoms with E-state index < -0.39 is 17.5 Å². The molecule has 0 spiro atoms. The summed E-state index contributed by atoms with van der Waals surface area (Å²) in [6, 6.07) is 9.37. The number of aryl methyl sites for hydroxylation is 2. The SMILES string of the molecule is Cc1nn(C)c(Oc2ccccc2F)c1-c1c(F)cccc1F. The average Bonchev–Trinajstić information content (AvgIpc) is 2.76. The molecule has 3 rings (SSSR count). The predicted octanol–water partition coefficient (Wildman–Crippen LogP) is 4.61. The van der Waals surface area contributed by atoms with Gasteiger partial charge >= 0.3 is 0 Å². The van der Waals surface area contributed by atoms with Gasteiger partial charge in [0.05, 0.1) is 16.8 Å². The van der Waals surface area contributed by atoms with Crippen molar-refractivity contribution < 1.29 is 17.9 Å². The van der Waals surface area contributed by atoms with Gasteiger partial charge in [-0.2, -0.15) is 5.10 Å². The summed E-state index contributed by atoms with van der Waals surface area (Å²) in [6.07, 6.45) is 0. The van der Waals surface area contributed by atoms with E-state index in [-0.39, 0.29) is 22.8 Å². The first-order valence-corrected chi connectivity index (χ1v) is 6.89. The maximum Gasteiger partial charge on any atom is 0.226 e. The van der Waals surface area contributed by atoms with Crippen LogP contribution in [0, 0.1) is 24.4 Å². The lowest BCUT2D eigenvalue weighted by Gasteiger charge is -2.11. The van der Waals surface area contributed by atoms with Gasteiger partial charge in [0.2, 0.25) is 5.88 Å². The van der Waals surface area contributed by atoms with Crippen LogP contribution in [0.2, 0.25) is 0 Å². The highest BCUT2D eigenvalue weighted by molar-refractivity contribution is 5.73. The molecule has 0 saturated carbocycles. The van der Waals surface area contributed by atoms with Gasteiger partial charge in [0, 0.05) is 7.05 Å². The van der Waals surface area contributed by atoms with Crippen molar-refractivity contribution in [2.24, 2.45) is 7.05 Å². The van der Waals surface area contributed by atoms with Crippen molar-refractivity contribution >= 4 is 0 Å². The van der Waals surface area contributed by atoms with Crippen LogP contribution in [0.4, 0.5) is 13.2 Å². The molecule has 0 atom stereocenters. The second kappa shape index (κ2) is 5.79. The van der Waals surface area contributed by atoms with Crippen molar-refractivity contribution in [1.29, 1.82) is 0 Å². The molecule has 23 heavy (non-hydrogen) atoms. The van der Waals surface area contributed by atoms with E-state index in [4.69, 9.17) is 4.74 Å². The van der Waals surface area contributed by atoms with Gasteiger partial charge in [-0.25, -0.2) is 17.9 Å². The molecule has 118 valence electrons. The van der Waals surface area contributed by atoms with E-state index in [0.717, 1.165) is 12.1 Å². The van der Waals surface area contributed by atoms with E-state index in [1.54, 1.807) is 20.0 Å². The topological polar surface area (TPSA) is 27.1 Å². The highest BCUT2D eigenvalue weighted by atomic mass is 19.1. The Labute approximate surface area is 130 Å². The van der Waals surface area contributed by atoms with E-state index in [1.807, 2.05) is 0 Å². The van der Waals surface area contributed by atoms with E-state index in [9.17, 15) is 13.2 Å². The van der Waals surface area contributed by atoms with Crippen molar-refractivity contribution in [3.8, 4) is 22.8 Å². The molecule has 0 N–H and O–H groups in total. The highest BCUT2D eigenvalue weighted by Crippen LogP contribution is 2.38. The van der Waals surface area contributed by atoms with Gasteiger partial charge in [0.25, 0.3) is 0 Å². The molecule has 3 nitrogen and oxygen atoms in total. The van der Waals surface area contributed by atoms with Crippen molar-refractivity contribution in [3.63, 3.8) is 0 Å². The maximum atomic E-state index is 14.1. The summed E-state index contributed by atoms with van der Waals surface area (Å²) in [5, 5.41) is 4.13. The zero-order valence-electron chi connectivity index (χ0n) is 12.5. The van der Waals surface area contributed by atoms with Gasteiger partial charge in [-0.1, -0.05) is 18.2 Å². The molecule has 0 aliphatic carbocycles. The standard InChI is InChI=1S/C17H13F3N2O/c1-10-15(16-12(19)7-5-8-13(16)20)17(22(2)21-10)23-14-9-4-3-6-11(14)18/h3-9H,1-2H3. The smallest absolute Gasteiger partial charge is 0.226 e. The number of rotatable bonds is 3. The van der Waals surface area contributed by atoms with Crippen molar-refractivity contribution in [1.82, 2.24) is 9.78 Å². The summed E-state index contributed by atoms with van der Waals surface area (Å²) in [7, 11) is 1.56. The van der Waals surface area contributed by atoms with E-state index in [2.05, 4.69) is 5.10 Å². The number of benzene rings is 2. The molecule has 0 fully saturated rings. The lowest BCUT2D eigenvalue weighted by molar-refractivity contribution is 0.404. The fourth-order valence-electron chi connectivity index (χ4n) is 2.41. The molecule has 0 unspecified atom stereocenters. The highest BCUT2D eigenvalue weighted by Gasteiger charge is 2.23. The van der Waals surface area contributed by atoms with E-state index in [1.165, 1.54) is 28.9 Å². The molecule has 1 aromatic heterocycles. The van der Waals surface area contributed by atoms with Crippen LogP contribution in [0.1, 0.15) is 5.69 Å². The third-order valence-electron chi connectivity index (χ3n) is 3.43. The number of hydrogen-bond acceptors (Lipinski definition) is 2. The molecule has 0 amide bonds. The summed E-state index contributed by atoms with van der Waals surface area (Å²) >= 11 is 0. The second-order valence-corrected chi connectivity index (χ2v) is 5.02. The minimum absolute atomic E-state index is 0.0477. The number of halogens is 3. The van der Waals surface area contributed by atoms with Crippen LogP contribution >= 0.6 is 0 Å². The van der Waals surface area contributed by atoms with Crippen LogP contribution in [0.5, 0.6) is 11.6 Å². The average molecular weight is 318 g/mol. The normalized spacial score (nSPS) is 10.8. The third kappa shape index (κ3) is 2.67. The Hall–Kier alpha value is -2.76. The number of hydrogen-bond donors (Lipinski definition) is 0. The zero-order chi connectivity index (χ0) is 16.6. The minimum atomic E-state index is -0.737. The Kier molecular flexibility index (Phi) is 3.82. The molecule has 0 aliphatic heterocycles. The quantitative estimate of drug-likeness (QED) is 0.705. The van der Waals surface area contributed by atoms with Crippen LogP contribution < -0.4 is 4.74 Å². The first-order chi connectivity index (χ1) is 11.0. The molecular weight excluding hydrogens is 305 g/mol. The fourth-order valence-corrected chi connectivity index (χ4v) is 2.41. The Balaban J connectivity index is 2.18. The molecule has 0 radical (unpaired) electrons. The monoisotopic (exact) mass is 318 g/mol. The van der Waals surface area contributed by atoms with Crippen LogP contribution in [0.3, 0.4) is 0 Å². The Morgan fingerprint density at radius 1 is 0.870 bits per heavy atom. The van der Waals surface area contributed by atoms with E-state index in [0.29, 0.717) is 5.69 Å². The van der Waals surface area contributed by atoms with Gasteiger partial charge in [0.1, 0.15) is 11.6 Å². The first kappa shape index (κ1) is 15.1. The maximum absolute atomic E-state index is 14.1. The lowest BCUT2D eigenvalue weighted by atomic mass is 10.0. The Morgan fingerprint density at radius 3 is 2.13 bits per heavy atom. The van der Waals surface area contributed by atoms with E-state index >= 15 is 0 Å². The summed E-state index contributed by atoms with van der Waals surface area (Å²) in [5.41, 5.74) is 0.290. The summed E-state index contributed by atoms with van der Waals surface area (Å²) in [6.45, 7) is 1.61. The van der Waals surface area contributed by atoms with Gasteiger partial charge in [-0.15, -0.1) is 0 Å². The van der Waals surface area contributed by atoms with Gasteiger partial charge in [0.15, 0.2) is 11.6 Å². The van der Waals surface area contributed by atoms with Gasteiger partial charge in [-0.05, 0) is 31.2 Å². The molecular formula is C17H13F3N2O. The summed E-state index contributed by atoms with van der Waals surface area (Å²) < 4.78 is 48.9. The van der Waals surface area contributed by atoms with Crippen molar-refractivity contribution in [2.45, 2.75) is 6.92 Å². The number of nitrogens with zero attached hydrogens (tertiary/aromatic N) is 2. The number of aromatic nitrogens is 2. The van der Waals surface area contributed by atoms with Gasteiger partial charge in [-0.3, -0.25) is 0 Å². The predicted molar refractivity (Wildman–Crippen MR) is 79.8 cm³/mol. The molecule has 6 heteroatoms. The number of ether oxygens (including phenoxy) is 1. The molecule has 3 aromatic rings. The Bertz CT molecular complexity index is 854. The molecule has 1 heterocycles. The van der Waals surface area contributed by atoms with Crippen LogP contribution in [0.15, 0.2) is 42.5 Å². The summed E-state index contributed by atoms with van der Waals surface area (Å²) in [5.74, 6) is -2.03. The largest absolute Gasteiger partial charge is 0.436 e. The lowest BCUT2D eigenvalue weighted by Crippen LogP contribution is -1.98. The fraction of sp³-hybridized carbons (Fsp3) is 0.118. The van der Waals surface area contributed by atoms with Gasteiger partial charge < -0.3 is 4.74 Å². The molecule has 0 saturated heterocycles. The van der Waals surface area contributed by atoms with Crippen molar-refractivity contribution in [2.75, 3.05) is 0 Å². The Morgan fingerprint density at radius 2 is 1.48 bits per heavy atom. The molecule has 0 bridgehead atoms. The van der Waals surface area contributed by atoms with Crippen molar-refractivity contribution in [3.05, 3.63) is 65.6 Å². The first-order valence-electron chi connectivity index (χ1n) is 6.89. The van der Waals surface area contributed by atoms with Crippen LogP contribution in [-0.2, 0) is 7.05 Å². The molecule has 0 aliphatic rings. The number of para-hydroxylation sites is 1. The second-order valence-electron chi connectivity index (χ2n) is 5.02.